The van der Waals surface area contributed by atoms with Gasteiger partial charge in [0.25, 0.3) is 0 Å². The summed E-state index contributed by atoms with van der Waals surface area (Å²) in [5, 5.41) is 0. The van der Waals surface area contributed by atoms with Crippen molar-refractivity contribution >= 4 is 6.09 Å². The van der Waals surface area contributed by atoms with Crippen molar-refractivity contribution in [3.63, 3.8) is 0 Å². The van der Waals surface area contributed by atoms with Gasteiger partial charge in [-0.3, -0.25) is 0 Å². The summed E-state index contributed by atoms with van der Waals surface area (Å²) in [5.74, 6) is 0.688. The zero-order valence-electron chi connectivity index (χ0n) is 12.8. The van der Waals surface area contributed by atoms with E-state index in [9.17, 15) is 4.79 Å². The van der Waals surface area contributed by atoms with Crippen LogP contribution in [0.3, 0.4) is 0 Å². The van der Waals surface area contributed by atoms with Crippen LogP contribution in [0.15, 0.2) is 12.1 Å². The molecular weight excluding hydrogens is 270 g/mol. The summed E-state index contributed by atoms with van der Waals surface area (Å²) in [6.07, 6.45) is 1.14. The normalized spacial score (nSPS) is 17.7. The molecule has 0 spiro atoms. The molecular formula is C15H23N3O3. The molecule has 0 bridgehead atoms. The predicted molar refractivity (Wildman–Crippen MR) is 79.3 cm³/mol. The standard InChI is InChI=1S/C15H23N3O3/c1-10(18(2)3)14-12(11-6-8-20-9-7-11)4-5-13(17-14)21-15(16)19/h4-5,10-11H,6-9H2,1-3H3,(H2,16,19). The third-order valence-electron chi connectivity index (χ3n) is 3.97. The van der Waals surface area contributed by atoms with Crippen LogP contribution in [0.5, 0.6) is 5.88 Å². The maximum atomic E-state index is 10.9. The molecule has 2 heterocycles. The van der Waals surface area contributed by atoms with Crippen LogP contribution in [0.1, 0.15) is 43.0 Å². The summed E-state index contributed by atoms with van der Waals surface area (Å²) in [6.45, 7) is 3.64. The molecule has 116 valence electrons. The topological polar surface area (TPSA) is 77.7 Å². The number of hydrogen-bond acceptors (Lipinski definition) is 5. The number of carbonyl (C=O) groups excluding carboxylic acids is 1. The Morgan fingerprint density at radius 1 is 1.43 bits per heavy atom. The number of ether oxygens (including phenoxy) is 2. The fraction of sp³-hybridized carbons (Fsp3) is 0.600. The smallest absolute Gasteiger partial charge is 0.391 e. The van der Waals surface area contributed by atoms with Crippen LogP contribution in [0, 0.1) is 0 Å². The van der Waals surface area contributed by atoms with Crippen molar-refractivity contribution in [3.8, 4) is 5.88 Å². The van der Waals surface area contributed by atoms with Gasteiger partial charge in [0.2, 0.25) is 5.88 Å². The van der Waals surface area contributed by atoms with Crippen LogP contribution in [-0.4, -0.2) is 43.3 Å². The van der Waals surface area contributed by atoms with Gasteiger partial charge in [-0.2, -0.15) is 0 Å². The van der Waals surface area contributed by atoms with E-state index in [2.05, 4.69) is 16.8 Å². The Morgan fingerprint density at radius 2 is 2.10 bits per heavy atom. The molecule has 2 rings (SSSR count). The van der Waals surface area contributed by atoms with Crippen molar-refractivity contribution in [2.45, 2.75) is 31.7 Å². The lowest BCUT2D eigenvalue weighted by molar-refractivity contribution is 0.0847. The summed E-state index contributed by atoms with van der Waals surface area (Å²) in [6, 6.07) is 3.83. The number of amides is 1. The molecule has 1 amide bonds. The first-order valence-corrected chi connectivity index (χ1v) is 7.21. The molecule has 1 aliphatic heterocycles. The largest absolute Gasteiger partial charge is 0.411 e. The van der Waals surface area contributed by atoms with Crippen molar-refractivity contribution in [2.75, 3.05) is 27.3 Å². The molecule has 0 aromatic carbocycles. The van der Waals surface area contributed by atoms with Gasteiger partial charge in [0.1, 0.15) is 0 Å². The Bertz CT molecular complexity index is 499. The van der Waals surface area contributed by atoms with E-state index in [1.165, 1.54) is 5.56 Å². The predicted octanol–water partition coefficient (Wildman–Crippen LogP) is 2.06. The zero-order valence-corrected chi connectivity index (χ0v) is 12.8. The Morgan fingerprint density at radius 3 is 2.67 bits per heavy atom. The van der Waals surface area contributed by atoms with E-state index in [4.69, 9.17) is 15.2 Å². The van der Waals surface area contributed by atoms with Gasteiger partial charge < -0.3 is 20.1 Å². The molecule has 6 nitrogen and oxygen atoms in total. The van der Waals surface area contributed by atoms with Crippen LogP contribution < -0.4 is 10.5 Å². The molecule has 1 saturated heterocycles. The Labute approximate surface area is 125 Å². The molecule has 1 aromatic rings. The molecule has 1 unspecified atom stereocenters. The van der Waals surface area contributed by atoms with E-state index >= 15 is 0 Å². The molecule has 1 fully saturated rings. The zero-order chi connectivity index (χ0) is 15.4. The monoisotopic (exact) mass is 293 g/mol. The van der Waals surface area contributed by atoms with Gasteiger partial charge >= 0.3 is 6.09 Å². The Hall–Kier alpha value is -1.66. The van der Waals surface area contributed by atoms with Crippen molar-refractivity contribution in [1.82, 2.24) is 9.88 Å². The lowest BCUT2D eigenvalue weighted by Gasteiger charge is -2.28. The van der Waals surface area contributed by atoms with Gasteiger partial charge in [-0.1, -0.05) is 6.07 Å². The molecule has 6 heteroatoms. The number of carbonyl (C=O) groups is 1. The van der Waals surface area contributed by atoms with Crippen LogP contribution in [0.25, 0.3) is 0 Å². The molecule has 0 saturated carbocycles. The van der Waals surface area contributed by atoms with Gasteiger partial charge in [0.15, 0.2) is 0 Å². The average Bonchev–Trinajstić information content (AvgIpc) is 2.46. The Kier molecular flexibility index (Phi) is 5.14. The van der Waals surface area contributed by atoms with Gasteiger partial charge in [0.05, 0.1) is 5.69 Å². The van der Waals surface area contributed by atoms with Gasteiger partial charge in [0, 0.05) is 25.3 Å². The third kappa shape index (κ3) is 3.92. The van der Waals surface area contributed by atoms with E-state index in [0.717, 1.165) is 31.7 Å². The molecule has 0 aliphatic carbocycles. The van der Waals surface area contributed by atoms with Crippen LogP contribution >= 0.6 is 0 Å². The van der Waals surface area contributed by atoms with Crippen molar-refractivity contribution in [1.29, 1.82) is 0 Å². The molecule has 1 atom stereocenters. The molecule has 2 N–H and O–H groups in total. The number of hydrogen-bond donors (Lipinski definition) is 1. The van der Waals surface area contributed by atoms with Crippen molar-refractivity contribution in [2.24, 2.45) is 5.73 Å². The maximum absolute atomic E-state index is 10.9. The summed E-state index contributed by atoms with van der Waals surface area (Å²) in [7, 11) is 4.00. The lowest BCUT2D eigenvalue weighted by atomic mass is 9.88. The summed E-state index contributed by atoms with van der Waals surface area (Å²) in [5.41, 5.74) is 7.20. The van der Waals surface area contributed by atoms with E-state index in [-0.39, 0.29) is 11.9 Å². The second kappa shape index (κ2) is 6.87. The lowest BCUT2D eigenvalue weighted by Crippen LogP contribution is -2.23. The highest BCUT2D eigenvalue weighted by molar-refractivity contribution is 5.67. The average molecular weight is 293 g/mol. The minimum absolute atomic E-state index is 0.124. The number of nitrogens with two attached hydrogens (primary N) is 1. The van der Waals surface area contributed by atoms with Crippen molar-refractivity contribution < 1.29 is 14.3 Å². The number of rotatable bonds is 4. The van der Waals surface area contributed by atoms with E-state index in [0.29, 0.717) is 5.92 Å². The molecule has 1 aliphatic rings. The van der Waals surface area contributed by atoms with Crippen molar-refractivity contribution in [3.05, 3.63) is 23.4 Å². The molecule has 0 radical (unpaired) electrons. The SMILES string of the molecule is CC(c1nc(OC(N)=O)ccc1C1CCOCC1)N(C)C. The summed E-state index contributed by atoms with van der Waals surface area (Å²) < 4.78 is 10.3. The first-order chi connectivity index (χ1) is 9.99. The first-order valence-electron chi connectivity index (χ1n) is 7.21. The fourth-order valence-corrected chi connectivity index (χ4v) is 2.56. The van der Waals surface area contributed by atoms with E-state index in [1.54, 1.807) is 6.07 Å². The first kappa shape index (κ1) is 15.7. The van der Waals surface area contributed by atoms with Gasteiger partial charge in [-0.05, 0) is 45.3 Å². The Balaban J connectivity index is 2.35. The maximum Gasteiger partial charge on any atom is 0.411 e. The molecule has 21 heavy (non-hydrogen) atoms. The van der Waals surface area contributed by atoms with Crippen LogP contribution in [-0.2, 0) is 4.74 Å². The third-order valence-corrected chi connectivity index (χ3v) is 3.97. The van der Waals surface area contributed by atoms with Gasteiger partial charge in [-0.15, -0.1) is 0 Å². The quantitative estimate of drug-likeness (QED) is 0.919. The van der Waals surface area contributed by atoms with Crippen LogP contribution in [0.2, 0.25) is 0 Å². The van der Waals surface area contributed by atoms with E-state index < -0.39 is 6.09 Å². The second-order valence-electron chi connectivity index (χ2n) is 5.57. The second-order valence-corrected chi connectivity index (χ2v) is 5.57. The van der Waals surface area contributed by atoms with Gasteiger partial charge in [-0.25, -0.2) is 9.78 Å². The highest BCUT2D eigenvalue weighted by Crippen LogP contribution is 2.33. The number of pyridine rings is 1. The fourth-order valence-electron chi connectivity index (χ4n) is 2.56. The summed E-state index contributed by atoms with van der Waals surface area (Å²) >= 11 is 0. The number of primary amides is 1. The summed E-state index contributed by atoms with van der Waals surface area (Å²) in [4.78, 5) is 17.5. The van der Waals surface area contributed by atoms with Crippen LogP contribution in [0.4, 0.5) is 4.79 Å². The number of nitrogens with zero attached hydrogens (tertiary/aromatic N) is 2. The minimum Gasteiger partial charge on any atom is -0.391 e. The highest BCUT2D eigenvalue weighted by Gasteiger charge is 2.24. The highest BCUT2D eigenvalue weighted by atomic mass is 16.6. The number of aromatic nitrogens is 1. The van der Waals surface area contributed by atoms with E-state index in [1.807, 2.05) is 20.2 Å². The minimum atomic E-state index is -0.843. The molecule has 1 aromatic heterocycles.